The van der Waals surface area contributed by atoms with Crippen molar-refractivity contribution in [3.8, 4) is 0 Å². The molecule has 1 aromatic carbocycles. The third-order valence-electron chi connectivity index (χ3n) is 3.87. The van der Waals surface area contributed by atoms with Crippen LogP contribution in [0.3, 0.4) is 0 Å². The van der Waals surface area contributed by atoms with Crippen molar-refractivity contribution in [2.45, 2.75) is 19.9 Å². The molecule has 3 aromatic rings. The monoisotopic (exact) mass is 389 g/mol. The Balaban J connectivity index is 1.99. The molecule has 0 radical (unpaired) electrons. The molecular formula is C17H16BrN3O3. The van der Waals surface area contributed by atoms with Crippen molar-refractivity contribution in [1.82, 2.24) is 14.9 Å². The van der Waals surface area contributed by atoms with Crippen LogP contribution in [0.2, 0.25) is 0 Å². The minimum absolute atomic E-state index is 0.177. The van der Waals surface area contributed by atoms with E-state index in [0.717, 1.165) is 10.0 Å². The zero-order chi connectivity index (χ0) is 17.4. The molecule has 2 heterocycles. The van der Waals surface area contributed by atoms with Crippen LogP contribution in [-0.4, -0.2) is 15.5 Å². The van der Waals surface area contributed by atoms with E-state index in [-0.39, 0.29) is 34.2 Å². The molecule has 3 rings (SSSR count). The van der Waals surface area contributed by atoms with Crippen LogP contribution in [0.4, 0.5) is 0 Å². The Labute approximate surface area is 146 Å². The summed E-state index contributed by atoms with van der Waals surface area (Å²) >= 11 is 3.42. The second kappa shape index (κ2) is 6.24. The number of carbonyl (C=O) groups is 1. The number of carbonyl (C=O) groups excluding carboxylic acids is 1. The Kier molecular flexibility index (Phi) is 4.28. The van der Waals surface area contributed by atoms with Crippen LogP contribution in [0.1, 0.15) is 34.6 Å². The van der Waals surface area contributed by atoms with Gasteiger partial charge >= 0.3 is 0 Å². The van der Waals surface area contributed by atoms with Crippen LogP contribution in [0.25, 0.3) is 11.1 Å². The van der Waals surface area contributed by atoms with E-state index in [1.165, 1.54) is 10.9 Å². The lowest BCUT2D eigenvalue weighted by Crippen LogP contribution is -2.28. The van der Waals surface area contributed by atoms with Gasteiger partial charge in [-0.2, -0.15) is 0 Å². The molecule has 0 spiro atoms. The second-order valence-electron chi connectivity index (χ2n) is 5.62. The summed E-state index contributed by atoms with van der Waals surface area (Å²) in [5.74, 6) is 0.0172. The van der Waals surface area contributed by atoms with Gasteiger partial charge in [0, 0.05) is 11.5 Å². The molecule has 0 aliphatic carbocycles. The van der Waals surface area contributed by atoms with Crippen molar-refractivity contribution in [2.75, 3.05) is 0 Å². The van der Waals surface area contributed by atoms with E-state index in [2.05, 4.69) is 26.2 Å². The van der Waals surface area contributed by atoms with Gasteiger partial charge < -0.3 is 14.3 Å². The smallest absolute Gasteiger partial charge is 0.265 e. The van der Waals surface area contributed by atoms with E-state index < -0.39 is 0 Å². The number of halogens is 1. The number of aromatic nitrogens is 2. The molecule has 6 nitrogen and oxygen atoms in total. The van der Waals surface area contributed by atoms with Gasteiger partial charge in [0.2, 0.25) is 5.71 Å². The van der Waals surface area contributed by atoms with Crippen LogP contribution in [-0.2, 0) is 7.05 Å². The number of rotatable bonds is 3. The minimum Gasteiger partial charge on any atom is -0.442 e. The van der Waals surface area contributed by atoms with Crippen molar-refractivity contribution in [3.05, 3.63) is 62.3 Å². The van der Waals surface area contributed by atoms with E-state index >= 15 is 0 Å². The first-order chi connectivity index (χ1) is 11.4. The summed E-state index contributed by atoms with van der Waals surface area (Å²) < 4.78 is 7.73. The number of amides is 1. The summed E-state index contributed by atoms with van der Waals surface area (Å²) in [6.07, 6.45) is 1.37. The van der Waals surface area contributed by atoms with Gasteiger partial charge in [0.25, 0.3) is 11.5 Å². The predicted molar refractivity (Wildman–Crippen MR) is 94.0 cm³/mol. The van der Waals surface area contributed by atoms with E-state index in [1.54, 1.807) is 14.0 Å². The number of nitrogens with zero attached hydrogens (tertiary/aromatic N) is 2. The third-order valence-corrected chi connectivity index (χ3v) is 4.36. The highest BCUT2D eigenvalue weighted by molar-refractivity contribution is 9.10. The summed E-state index contributed by atoms with van der Waals surface area (Å²) in [6.45, 7) is 3.54. The number of benzene rings is 1. The molecule has 1 unspecified atom stereocenters. The Morgan fingerprint density at radius 1 is 1.42 bits per heavy atom. The summed E-state index contributed by atoms with van der Waals surface area (Å²) in [7, 11) is 1.59. The van der Waals surface area contributed by atoms with Crippen molar-refractivity contribution in [2.24, 2.45) is 7.05 Å². The van der Waals surface area contributed by atoms with Crippen LogP contribution < -0.4 is 10.9 Å². The summed E-state index contributed by atoms with van der Waals surface area (Å²) in [5, 5.41) is 3.11. The largest absolute Gasteiger partial charge is 0.442 e. The zero-order valence-corrected chi connectivity index (χ0v) is 15.0. The van der Waals surface area contributed by atoms with Gasteiger partial charge in [0.05, 0.1) is 11.6 Å². The molecule has 24 heavy (non-hydrogen) atoms. The Morgan fingerprint density at radius 2 is 2.17 bits per heavy atom. The predicted octanol–water partition coefficient (Wildman–Crippen LogP) is 3.09. The number of fused-ring (bicyclic) bond motifs is 1. The van der Waals surface area contributed by atoms with E-state index in [1.807, 2.05) is 31.2 Å². The average Bonchev–Trinajstić information content (AvgIpc) is 2.88. The first-order valence-electron chi connectivity index (χ1n) is 7.39. The molecular weight excluding hydrogens is 374 g/mol. The van der Waals surface area contributed by atoms with Crippen molar-refractivity contribution in [3.63, 3.8) is 0 Å². The van der Waals surface area contributed by atoms with Crippen LogP contribution in [0, 0.1) is 6.92 Å². The summed E-state index contributed by atoms with van der Waals surface area (Å²) in [5.41, 5.74) is 1.06. The lowest BCUT2D eigenvalue weighted by molar-refractivity contribution is 0.0939. The highest BCUT2D eigenvalue weighted by atomic mass is 79.9. The topological polar surface area (TPSA) is 77.1 Å². The fourth-order valence-corrected chi connectivity index (χ4v) is 3.01. The van der Waals surface area contributed by atoms with Crippen LogP contribution in [0.5, 0.6) is 0 Å². The molecule has 124 valence electrons. The number of aryl methyl sites for hydroxylation is 2. The van der Waals surface area contributed by atoms with E-state index in [0.29, 0.717) is 5.76 Å². The van der Waals surface area contributed by atoms with Gasteiger partial charge in [0.15, 0.2) is 0 Å². The average molecular weight is 390 g/mol. The first-order valence-corrected chi connectivity index (χ1v) is 8.19. The fourth-order valence-electron chi connectivity index (χ4n) is 2.59. The van der Waals surface area contributed by atoms with E-state index in [4.69, 9.17) is 4.42 Å². The van der Waals surface area contributed by atoms with Crippen molar-refractivity contribution < 1.29 is 9.21 Å². The Morgan fingerprint density at radius 3 is 2.88 bits per heavy atom. The number of hydrogen-bond acceptors (Lipinski definition) is 4. The molecule has 1 N–H and O–H groups in total. The maximum absolute atomic E-state index is 12.7. The highest BCUT2D eigenvalue weighted by Crippen LogP contribution is 2.23. The molecule has 0 saturated heterocycles. The molecule has 7 heteroatoms. The van der Waals surface area contributed by atoms with Crippen molar-refractivity contribution in [1.29, 1.82) is 0 Å². The van der Waals surface area contributed by atoms with Gasteiger partial charge in [-0.1, -0.05) is 28.1 Å². The number of nitrogens with one attached hydrogen (secondary N) is 1. The maximum atomic E-state index is 12.7. The normalized spacial score (nSPS) is 12.3. The molecule has 2 aromatic heterocycles. The third kappa shape index (κ3) is 2.87. The molecule has 0 aliphatic rings. The number of hydrogen-bond donors (Lipinski definition) is 1. The maximum Gasteiger partial charge on any atom is 0.265 e. The van der Waals surface area contributed by atoms with E-state index in [9.17, 15) is 9.59 Å². The molecule has 1 atom stereocenters. The zero-order valence-electron chi connectivity index (χ0n) is 13.5. The lowest BCUT2D eigenvalue weighted by atomic mass is 10.1. The Hall–Kier alpha value is -2.41. The Bertz CT molecular complexity index is 990. The van der Waals surface area contributed by atoms with Gasteiger partial charge in [-0.25, -0.2) is 4.98 Å². The molecule has 0 aliphatic heterocycles. The lowest BCUT2D eigenvalue weighted by Gasteiger charge is -2.14. The van der Waals surface area contributed by atoms with Gasteiger partial charge in [0.1, 0.15) is 17.5 Å². The quantitative estimate of drug-likeness (QED) is 0.746. The first kappa shape index (κ1) is 16.4. The van der Waals surface area contributed by atoms with Gasteiger partial charge in [-0.05, 0) is 31.5 Å². The molecule has 0 saturated carbocycles. The van der Waals surface area contributed by atoms with Crippen molar-refractivity contribution >= 4 is 32.9 Å². The van der Waals surface area contributed by atoms with Gasteiger partial charge in [-0.15, -0.1) is 0 Å². The number of furan rings is 1. The minimum atomic E-state index is -0.358. The summed E-state index contributed by atoms with van der Waals surface area (Å²) in [4.78, 5) is 29.1. The molecule has 1 amide bonds. The summed E-state index contributed by atoms with van der Waals surface area (Å²) in [6, 6.07) is 7.46. The van der Waals surface area contributed by atoms with Gasteiger partial charge in [-0.3, -0.25) is 9.59 Å². The molecule has 0 bridgehead atoms. The molecule has 0 fully saturated rings. The second-order valence-corrected chi connectivity index (χ2v) is 6.54. The van der Waals surface area contributed by atoms with Crippen LogP contribution in [0.15, 0.2) is 44.3 Å². The fraction of sp³-hybridized carbons (Fsp3) is 0.235. The standard InChI is InChI=1S/C17H16BrN3O3/c1-9(11-5-4-6-12(18)7-11)20-15(22)13-10(2)24-16-14(13)17(23)21(3)8-19-16/h4-9H,1-3H3,(H,20,22). The SMILES string of the molecule is Cc1oc2ncn(C)c(=O)c2c1C(=O)NC(C)c1cccc(Br)c1. The van der Waals surface area contributed by atoms with Crippen LogP contribution >= 0.6 is 15.9 Å². The highest BCUT2D eigenvalue weighted by Gasteiger charge is 2.23.